The quantitative estimate of drug-likeness (QED) is 0.727. The van der Waals surface area contributed by atoms with Gasteiger partial charge in [-0.1, -0.05) is 30.3 Å². The molecule has 0 spiro atoms. The molecule has 1 atom stereocenters. The number of benzene rings is 1. The van der Waals surface area contributed by atoms with E-state index in [2.05, 4.69) is 10.3 Å². The number of aliphatic imine (C=N–C) groups is 1. The first-order valence-corrected chi connectivity index (χ1v) is 4.78. The van der Waals surface area contributed by atoms with Gasteiger partial charge in [-0.05, 0) is 12.5 Å². The molecule has 2 rings (SSSR count). The molecule has 3 nitrogen and oxygen atoms in total. The molecule has 3 heteroatoms. The summed E-state index contributed by atoms with van der Waals surface area (Å²) in [5, 5.41) is 13.4. The third-order valence-corrected chi connectivity index (χ3v) is 2.47. The molecule has 1 aliphatic heterocycles. The summed E-state index contributed by atoms with van der Waals surface area (Å²) in [5.74, 6) is 0.670. The first-order valence-electron chi connectivity index (χ1n) is 4.78. The van der Waals surface area contributed by atoms with Crippen LogP contribution >= 0.6 is 0 Å². The minimum absolute atomic E-state index is 0.670. The Balaban J connectivity index is 2.32. The molecule has 1 aromatic rings. The van der Waals surface area contributed by atoms with E-state index in [4.69, 9.17) is 0 Å². The molecular formula is C11H14N2O. The maximum atomic E-state index is 10.3. The third-order valence-electron chi connectivity index (χ3n) is 2.47. The van der Waals surface area contributed by atoms with Crippen molar-refractivity contribution >= 4 is 5.84 Å². The van der Waals surface area contributed by atoms with Gasteiger partial charge < -0.3 is 10.4 Å². The Morgan fingerprint density at radius 3 is 2.64 bits per heavy atom. The lowest BCUT2D eigenvalue weighted by atomic mass is 9.95. The van der Waals surface area contributed by atoms with Gasteiger partial charge in [-0.2, -0.15) is 0 Å². The maximum absolute atomic E-state index is 10.3. The van der Waals surface area contributed by atoms with Crippen LogP contribution in [-0.4, -0.2) is 24.0 Å². The Bertz CT molecular complexity index is 344. The lowest BCUT2D eigenvalue weighted by Crippen LogP contribution is -2.39. The van der Waals surface area contributed by atoms with Gasteiger partial charge in [0.05, 0.1) is 6.54 Å². The van der Waals surface area contributed by atoms with E-state index in [1.807, 2.05) is 30.3 Å². The molecule has 2 N–H and O–H groups in total. The molecule has 0 amide bonds. The van der Waals surface area contributed by atoms with Crippen LogP contribution in [0, 0.1) is 0 Å². The fourth-order valence-electron chi connectivity index (χ4n) is 1.62. The summed E-state index contributed by atoms with van der Waals surface area (Å²) in [5.41, 5.74) is -0.120. The van der Waals surface area contributed by atoms with Crippen LogP contribution < -0.4 is 5.32 Å². The number of amidine groups is 1. The second-order valence-corrected chi connectivity index (χ2v) is 3.60. The summed E-state index contributed by atoms with van der Waals surface area (Å²) in [7, 11) is 0. The first-order chi connectivity index (χ1) is 6.71. The topological polar surface area (TPSA) is 44.6 Å². The van der Waals surface area contributed by atoms with E-state index >= 15 is 0 Å². The van der Waals surface area contributed by atoms with Crippen molar-refractivity contribution in [3.05, 3.63) is 35.9 Å². The summed E-state index contributed by atoms with van der Waals surface area (Å²) in [6.07, 6.45) is 0. The lowest BCUT2D eigenvalue weighted by Gasteiger charge is -2.23. The highest BCUT2D eigenvalue weighted by molar-refractivity contribution is 5.92. The standard InChI is InChI=1S/C11H14N2O/c1-11(14,10-12-7-8-13-10)9-5-3-2-4-6-9/h2-6,14H,7-8H2,1H3,(H,12,13). The van der Waals surface area contributed by atoms with Gasteiger partial charge in [-0.3, -0.25) is 4.99 Å². The number of rotatable bonds is 2. The summed E-state index contributed by atoms with van der Waals surface area (Å²) >= 11 is 0. The van der Waals surface area contributed by atoms with Gasteiger partial charge in [-0.15, -0.1) is 0 Å². The fourth-order valence-corrected chi connectivity index (χ4v) is 1.62. The van der Waals surface area contributed by atoms with Crippen molar-refractivity contribution in [2.75, 3.05) is 13.1 Å². The number of hydrogen-bond acceptors (Lipinski definition) is 3. The molecule has 0 aromatic heterocycles. The Morgan fingerprint density at radius 2 is 2.07 bits per heavy atom. The zero-order valence-corrected chi connectivity index (χ0v) is 8.20. The van der Waals surface area contributed by atoms with Crippen LogP contribution in [0.4, 0.5) is 0 Å². The van der Waals surface area contributed by atoms with Gasteiger partial charge in [0.25, 0.3) is 0 Å². The second kappa shape index (κ2) is 3.42. The highest BCUT2D eigenvalue weighted by Gasteiger charge is 2.31. The third kappa shape index (κ3) is 1.51. The Hall–Kier alpha value is -1.35. The molecule has 1 aromatic carbocycles. The minimum atomic E-state index is -0.988. The largest absolute Gasteiger partial charge is 0.377 e. The zero-order valence-electron chi connectivity index (χ0n) is 8.20. The molecule has 0 fully saturated rings. The van der Waals surface area contributed by atoms with Crippen molar-refractivity contribution in [2.24, 2.45) is 4.99 Å². The van der Waals surface area contributed by atoms with Crippen molar-refractivity contribution < 1.29 is 5.11 Å². The molecule has 0 bridgehead atoms. The average molecular weight is 190 g/mol. The Morgan fingerprint density at radius 1 is 1.36 bits per heavy atom. The van der Waals surface area contributed by atoms with Gasteiger partial charge in [0, 0.05) is 6.54 Å². The molecule has 1 unspecified atom stereocenters. The highest BCUT2D eigenvalue weighted by atomic mass is 16.3. The molecule has 0 saturated carbocycles. The fraction of sp³-hybridized carbons (Fsp3) is 0.364. The molecular weight excluding hydrogens is 176 g/mol. The maximum Gasteiger partial charge on any atom is 0.143 e. The van der Waals surface area contributed by atoms with E-state index in [9.17, 15) is 5.11 Å². The minimum Gasteiger partial charge on any atom is -0.377 e. The summed E-state index contributed by atoms with van der Waals surface area (Å²) < 4.78 is 0. The van der Waals surface area contributed by atoms with Crippen molar-refractivity contribution in [1.82, 2.24) is 5.32 Å². The van der Waals surface area contributed by atoms with E-state index in [0.717, 1.165) is 18.7 Å². The van der Waals surface area contributed by atoms with E-state index in [0.29, 0.717) is 5.84 Å². The monoisotopic (exact) mass is 190 g/mol. The normalized spacial score (nSPS) is 19.7. The van der Waals surface area contributed by atoms with Gasteiger partial charge in [0.1, 0.15) is 11.4 Å². The van der Waals surface area contributed by atoms with Crippen LogP contribution in [0.3, 0.4) is 0 Å². The number of hydrogen-bond donors (Lipinski definition) is 2. The SMILES string of the molecule is CC(O)(C1=NCCN1)c1ccccc1. The van der Waals surface area contributed by atoms with Crippen molar-refractivity contribution in [2.45, 2.75) is 12.5 Å². The lowest BCUT2D eigenvalue weighted by molar-refractivity contribution is 0.130. The van der Waals surface area contributed by atoms with E-state index in [-0.39, 0.29) is 0 Å². The predicted molar refractivity (Wildman–Crippen MR) is 56.3 cm³/mol. The molecule has 0 aliphatic carbocycles. The van der Waals surface area contributed by atoms with Gasteiger partial charge in [0.15, 0.2) is 0 Å². The number of nitrogens with zero attached hydrogens (tertiary/aromatic N) is 1. The smallest absolute Gasteiger partial charge is 0.143 e. The van der Waals surface area contributed by atoms with E-state index < -0.39 is 5.60 Å². The van der Waals surface area contributed by atoms with E-state index in [1.165, 1.54) is 0 Å². The molecule has 0 saturated heterocycles. The van der Waals surface area contributed by atoms with Crippen LogP contribution in [0.2, 0.25) is 0 Å². The average Bonchev–Trinajstić information content (AvgIpc) is 2.72. The number of nitrogens with one attached hydrogen (secondary N) is 1. The van der Waals surface area contributed by atoms with Crippen LogP contribution in [0.25, 0.3) is 0 Å². The van der Waals surface area contributed by atoms with Crippen LogP contribution in [0.5, 0.6) is 0 Å². The molecule has 1 aliphatic rings. The van der Waals surface area contributed by atoms with Gasteiger partial charge >= 0.3 is 0 Å². The summed E-state index contributed by atoms with van der Waals surface area (Å²) in [6.45, 7) is 3.33. The summed E-state index contributed by atoms with van der Waals surface area (Å²) in [4.78, 5) is 4.24. The highest BCUT2D eigenvalue weighted by Crippen LogP contribution is 2.22. The molecule has 14 heavy (non-hydrogen) atoms. The molecule has 1 heterocycles. The van der Waals surface area contributed by atoms with E-state index in [1.54, 1.807) is 6.92 Å². The van der Waals surface area contributed by atoms with Gasteiger partial charge in [-0.25, -0.2) is 0 Å². The Labute approximate surface area is 83.5 Å². The summed E-state index contributed by atoms with van der Waals surface area (Å²) in [6, 6.07) is 9.58. The number of aliphatic hydroxyl groups is 1. The zero-order chi connectivity index (χ0) is 10.0. The van der Waals surface area contributed by atoms with Crippen LogP contribution in [0.1, 0.15) is 12.5 Å². The molecule has 74 valence electrons. The Kier molecular flexibility index (Phi) is 2.25. The predicted octanol–water partition coefficient (Wildman–Crippen LogP) is 0.896. The van der Waals surface area contributed by atoms with Crippen LogP contribution in [0.15, 0.2) is 35.3 Å². The van der Waals surface area contributed by atoms with Crippen molar-refractivity contribution in [3.8, 4) is 0 Å². The van der Waals surface area contributed by atoms with Crippen molar-refractivity contribution in [3.63, 3.8) is 0 Å². The second-order valence-electron chi connectivity index (χ2n) is 3.60. The van der Waals surface area contributed by atoms with Gasteiger partial charge in [0.2, 0.25) is 0 Å². The first kappa shape index (κ1) is 9.21. The molecule has 0 radical (unpaired) electrons. The van der Waals surface area contributed by atoms with Crippen molar-refractivity contribution in [1.29, 1.82) is 0 Å². The van der Waals surface area contributed by atoms with Crippen LogP contribution in [-0.2, 0) is 5.60 Å².